The second kappa shape index (κ2) is 12.9. The van der Waals surface area contributed by atoms with Crippen molar-refractivity contribution in [3.63, 3.8) is 0 Å². The average Bonchev–Trinajstić information content (AvgIpc) is 3.59. The Morgan fingerprint density at radius 1 is 0.583 bits per heavy atom. The molecule has 0 radical (unpaired) electrons. The molecule has 0 saturated carbocycles. The highest BCUT2D eigenvalue weighted by molar-refractivity contribution is 5.54. The van der Waals surface area contributed by atoms with E-state index in [1.165, 1.54) is 12.8 Å². The zero-order chi connectivity index (χ0) is 26.2. The Bertz CT molecular complexity index is 980. The molecule has 2 aliphatic heterocycles. The van der Waals surface area contributed by atoms with Crippen LogP contribution >= 0.6 is 0 Å². The Morgan fingerprint density at radius 2 is 1.00 bits per heavy atom. The van der Waals surface area contributed by atoms with E-state index >= 15 is 0 Å². The van der Waals surface area contributed by atoms with Crippen LogP contribution in [-0.2, 0) is 9.47 Å². The average molecular weight is 505 g/mol. The van der Waals surface area contributed by atoms with Crippen LogP contribution in [0.2, 0.25) is 0 Å². The van der Waals surface area contributed by atoms with Crippen molar-refractivity contribution in [3.05, 3.63) is 35.4 Å². The summed E-state index contributed by atoms with van der Waals surface area (Å²) in [4.78, 5) is 0. The number of methoxy groups -OCH3 is 6. The van der Waals surface area contributed by atoms with Gasteiger partial charge in [0.05, 0.1) is 54.9 Å². The summed E-state index contributed by atoms with van der Waals surface area (Å²) in [5.74, 6) is 4.15. The van der Waals surface area contributed by atoms with Crippen LogP contribution in [0.25, 0.3) is 0 Å². The monoisotopic (exact) mass is 504 g/mol. The predicted molar refractivity (Wildman–Crippen MR) is 137 cm³/mol. The predicted octanol–water partition coefficient (Wildman–Crippen LogP) is 5.41. The van der Waals surface area contributed by atoms with E-state index < -0.39 is 0 Å². The van der Waals surface area contributed by atoms with Gasteiger partial charge in [0.25, 0.3) is 0 Å². The van der Waals surface area contributed by atoms with Gasteiger partial charge in [-0.1, -0.05) is 6.92 Å². The van der Waals surface area contributed by atoms with Gasteiger partial charge < -0.3 is 37.9 Å². The molecule has 0 aliphatic carbocycles. The maximum atomic E-state index is 6.47. The fourth-order valence-corrected chi connectivity index (χ4v) is 5.05. The molecule has 2 aliphatic rings. The lowest BCUT2D eigenvalue weighted by atomic mass is 9.81. The van der Waals surface area contributed by atoms with Crippen LogP contribution in [-0.4, -0.2) is 62.0 Å². The van der Waals surface area contributed by atoms with Crippen molar-refractivity contribution in [1.82, 2.24) is 0 Å². The Labute approximate surface area is 214 Å². The first-order valence-electron chi connectivity index (χ1n) is 12.3. The van der Waals surface area contributed by atoms with Crippen LogP contribution < -0.4 is 28.4 Å². The Balaban J connectivity index is 0.000000642. The van der Waals surface area contributed by atoms with E-state index in [2.05, 4.69) is 13.8 Å². The molecule has 2 fully saturated rings. The van der Waals surface area contributed by atoms with Crippen LogP contribution in [0.5, 0.6) is 34.5 Å². The topological polar surface area (TPSA) is 73.8 Å². The van der Waals surface area contributed by atoms with Gasteiger partial charge in [0.2, 0.25) is 0 Å². The number of ether oxygens (including phenoxy) is 8. The number of benzene rings is 2. The zero-order valence-electron chi connectivity index (χ0n) is 22.7. The van der Waals surface area contributed by atoms with Crippen LogP contribution in [0.3, 0.4) is 0 Å². The van der Waals surface area contributed by atoms with Crippen molar-refractivity contribution >= 4 is 0 Å². The van der Waals surface area contributed by atoms with Crippen molar-refractivity contribution < 1.29 is 37.9 Å². The van der Waals surface area contributed by atoms with Gasteiger partial charge >= 0.3 is 0 Å². The quantitative estimate of drug-likeness (QED) is 0.472. The van der Waals surface area contributed by atoms with Crippen molar-refractivity contribution in [2.24, 2.45) is 5.92 Å². The molecule has 0 unspecified atom stereocenters. The normalized spacial score (nSPS) is 22.9. The lowest BCUT2D eigenvalue weighted by Crippen LogP contribution is -2.16. The van der Waals surface area contributed by atoms with Gasteiger partial charge in [-0.3, -0.25) is 0 Å². The molecule has 2 saturated heterocycles. The van der Waals surface area contributed by atoms with Crippen LogP contribution in [0.1, 0.15) is 49.8 Å². The van der Waals surface area contributed by atoms with Gasteiger partial charge in [-0.25, -0.2) is 0 Å². The van der Waals surface area contributed by atoms with Crippen LogP contribution in [0.4, 0.5) is 0 Å². The molecule has 36 heavy (non-hydrogen) atoms. The Hall–Kier alpha value is -2.84. The summed E-state index contributed by atoms with van der Waals surface area (Å²) in [6.07, 6.45) is 2.29. The lowest BCUT2D eigenvalue weighted by molar-refractivity contribution is 0.0415. The summed E-state index contributed by atoms with van der Waals surface area (Å²) in [6, 6.07) is 7.60. The molecule has 200 valence electrons. The minimum Gasteiger partial charge on any atom is -0.496 e. The van der Waals surface area contributed by atoms with Crippen molar-refractivity contribution in [2.75, 3.05) is 55.9 Å². The minimum atomic E-state index is -0.201. The molecule has 8 nitrogen and oxygen atoms in total. The standard InChI is InChI=1S/C24H32O7.C4H8O/c1-13-23(15-9-19(27-5)21(29-7)11-17(15)25-3)14(2)31-24(13)16-10-20(28-6)22(30-8)12-18(16)26-4;1-2-4-5-3-1/h9-14,23-24H,1-8H3;1-4H2/t13-,14-,23-,24-;/m0./s1. The molecule has 4 atom stereocenters. The van der Waals surface area contributed by atoms with Crippen molar-refractivity contribution in [3.8, 4) is 34.5 Å². The molecular formula is C28H40O8. The third-order valence-corrected chi connectivity index (χ3v) is 6.88. The molecular weight excluding hydrogens is 464 g/mol. The van der Waals surface area contributed by atoms with Gasteiger partial charge in [0.15, 0.2) is 23.0 Å². The van der Waals surface area contributed by atoms with Gasteiger partial charge in [-0.05, 0) is 37.8 Å². The van der Waals surface area contributed by atoms with E-state index in [-0.39, 0.29) is 24.0 Å². The van der Waals surface area contributed by atoms with E-state index in [9.17, 15) is 0 Å². The fraction of sp³-hybridized carbons (Fsp3) is 0.571. The number of hydrogen-bond donors (Lipinski definition) is 0. The van der Waals surface area contributed by atoms with E-state index in [4.69, 9.17) is 37.9 Å². The smallest absolute Gasteiger partial charge is 0.164 e. The molecule has 0 spiro atoms. The lowest BCUT2D eigenvalue weighted by Gasteiger charge is -2.24. The first-order valence-corrected chi connectivity index (χ1v) is 12.3. The molecule has 4 rings (SSSR count). The molecule has 0 bridgehead atoms. The number of hydrogen-bond acceptors (Lipinski definition) is 8. The Morgan fingerprint density at radius 3 is 1.42 bits per heavy atom. The van der Waals surface area contributed by atoms with E-state index in [0.717, 1.165) is 30.1 Å². The van der Waals surface area contributed by atoms with Gasteiger partial charge in [0.1, 0.15) is 11.5 Å². The number of rotatable bonds is 8. The van der Waals surface area contributed by atoms with Crippen LogP contribution in [0, 0.1) is 5.92 Å². The third-order valence-electron chi connectivity index (χ3n) is 6.88. The summed E-state index contributed by atoms with van der Waals surface area (Å²) in [5, 5.41) is 0. The van der Waals surface area contributed by atoms with Crippen LogP contribution in [0.15, 0.2) is 24.3 Å². The SMILES string of the molecule is C1CCOC1.COc1cc(OC)c([C@H]2[C@H](C)[C@@H](c3cc(OC)c(OC)cc3OC)O[C@H]2C)cc1OC. The van der Waals surface area contributed by atoms with Gasteiger partial charge in [-0.15, -0.1) is 0 Å². The highest BCUT2D eigenvalue weighted by Crippen LogP contribution is 2.53. The zero-order valence-corrected chi connectivity index (χ0v) is 22.7. The van der Waals surface area contributed by atoms with Gasteiger partial charge in [-0.2, -0.15) is 0 Å². The summed E-state index contributed by atoms with van der Waals surface area (Å²) < 4.78 is 44.7. The molecule has 8 heteroatoms. The van der Waals surface area contributed by atoms with Gasteiger partial charge in [0, 0.05) is 42.4 Å². The van der Waals surface area contributed by atoms with E-state index in [0.29, 0.717) is 28.7 Å². The molecule has 0 amide bonds. The highest BCUT2D eigenvalue weighted by atomic mass is 16.5. The summed E-state index contributed by atoms with van der Waals surface area (Å²) in [5.41, 5.74) is 1.93. The van der Waals surface area contributed by atoms with Crippen molar-refractivity contribution in [1.29, 1.82) is 0 Å². The summed E-state index contributed by atoms with van der Waals surface area (Å²) in [7, 11) is 9.76. The summed E-state index contributed by atoms with van der Waals surface area (Å²) >= 11 is 0. The maximum absolute atomic E-state index is 6.47. The molecule has 2 heterocycles. The first-order chi connectivity index (χ1) is 17.4. The molecule has 0 N–H and O–H groups in total. The first kappa shape index (κ1) is 27.7. The molecule has 2 aromatic rings. The molecule has 0 aromatic heterocycles. The second-order valence-corrected chi connectivity index (χ2v) is 8.86. The van der Waals surface area contributed by atoms with E-state index in [1.54, 1.807) is 42.7 Å². The maximum Gasteiger partial charge on any atom is 0.164 e. The van der Waals surface area contributed by atoms with E-state index in [1.807, 2.05) is 24.3 Å². The largest absolute Gasteiger partial charge is 0.496 e. The summed E-state index contributed by atoms with van der Waals surface area (Å²) in [6.45, 7) is 6.25. The third kappa shape index (κ3) is 5.76. The Kier molecular flexibility index (Phi) is 9.96. The minimum absolute atomic E-state index is 0.0650. The van der Waals surface area contributed by atoms with Crippen molar-refractivity contribution in [2.45, 2.75) is 44.8 Å². The fourth-order valence-electron chi connectivity index (χ4n) is 5.05. The molecule has 2 aromatic carbocycles. The second-order valence-electron chi connectivity index (χ2n) is 8.86. The highest BCUT2D eigenvalue weighted by Gasteiger charge is 2.44.